The summed E-state index contributed by atoms with van der Waals surface area (Å²) in [5, 5.41) is 3.09. The Labute approximate surface area is 118 Å². The lowest BCUT2D eigenvalue weighted by atomic mass is 9.88. The third-order valence-electron chi connectivity index (χ3n) is 2.95. The average Bonchev–Trinajstić information content (AvgIpc) is 2.24. The van der Waals surface area contributed by atoms with Crippen molar-refractivity contribution in [3.05, 3.63) is 28.7 Å². The molecule has 3 nitrogen and oxygen atoms in total. The molecule has 0 aliphatic rings. The summed E-state index contributed by atoms with van der Waals surface area (Å²) in [6.07, 6.45) is 0. The summed E-state index contributed by atoms with van der Waals surface area (Å²) in [4.78, 5) is 0.356. The highest BCUT2D eigenvalue weighted by atomic mass is 79.9. The molecule has 1 atom stereocenters. The van der Waals surface area contributed by atoms with E-state index in [0.717, 1.165) is 0 Å². The van der Waals surface area contributed by atoms with Crippen molar-refractivity contribution < 1.29 is 8.42 Å². The van der Waals surface area contributed by atoms with Crippen molar-refractivity contribution in [1.29, 1.82) is 0 Å². The first kappa shape index (κ1) is 15.7. The van der Waals surface area contributed by atoms with Crippen LogP contribution in [0, 0.1) is 5.41 Å². The van der Waals surface area contributed by atoms with Gasteiger partial charge in [0.15, 0.2) is 9.84 Å². The number of rotatable bonds is 4. The molecule has 102 valence electrons. The molecule has 1 rings (SSSR count). The van der Waals surface area contributed by atoms with Crippen LogP contribution in [0.15, 0.2) is 33.6 Å². The fraction of sp³-hybridized carbons (Fsp3) is 0.538. The first-order valence-electron chi connectivity index (χ1n) is 5.83. The fourth-order valence-corrected chi connectivity index (χ4v) is 4.73. The van der Waals surface area contributed by atoms with E-state index in [1.165, 1.54) is 0 Å². The van der Waals surface area contributed by atoms with Crippen LogP contribution in [-0.4, -0.2) is 27.3 Å². The number of halogens is 1. The molecule has 1 N–H and O–H groups in total. The summed E-state index contributed by atoms with van der Waals surface area (Å²) >= 11 is 3.29. The molecule has 0 saturated heterocycles. The van der Waals surface area contributed by atoms with Gasteiger partial charge in [-0.3, -0.25) is 0 Å². The van der Waals surface area contributed by atoms with Gasteiger partial charge in [-0.15, -0.1) is 0 Å². The Balaban J connectivity index is 3.06. The zero-order valence-electron chi connectivity index (χ0n) is 11.2. The molecular formula is C13H20BrNO2S. The van der Waals surface area contributed by atoms with Crippen LogP contribution in [0.3, 0.4) is 0 Å². The highest BCUT2D eigenvalue weighted by molar-refractivity contribution is 9.10. The van der Waals surface area contributed by atoms with Gasteiger partial charge in [0, 0.05) is 10.5 Å². The molecule has 0 spiro atoms. The van der Waals surface area contributed by atoms with Gasteiger partial charge >= 0.3 is 0 Å². The van der Waals surface area contributed by atoms with Gasteiger partial charge in [0.05, 0.1) is 10.6 Å². The lowest BCUT2D eigenvalue weighted by Gasteiger charge is -2.30. The standard InChI is InChI=1S/C13H20BrNO2S/c1-13(2,3)12(15-4)9-18(16,17)11-8-6-5-7-10(11)14/h5-8,12,15H,9H2,1-4H3. The van der Waals surface area contributed by atoms with Crippen LogP contribution in [0.4, 0.5) is 0 Å². The van der Waals surface area contributed by atoms with Crippen LogP contribution < -0.4 is 5.32 Å². The second-order valence-electron chi connectivity index (χ2n) is 5.42. The van der Waals surface area contributed by atoms with Crippen molar-refractivity contribution in [2.75, 3.05) is 12.8 Å². The summed E-state index contributed by atoms with van der Waals surface area (Å²) in [6.45, 7) is 6.09. The topological polar surface area (TPSA) is 46.2 Å². The Hall–Kier alpha value is -0.390. The fourth-order valence-electron chi connectivity index (χ4n) is 1.77. The molecule has 0 saturated carbocycles. The van der Waals surface area contributed by atoms with Crippen LogP contribution in [0.25, 0.3) is 0 Å². The van der Waals surface area contributed by atoms with Crippen molar-refractivity contribution >= 4 is 25.8 Å². The molecule has 0 heterocycles. The Kier molecular flexibility index (Phi) is 4.98. The largest absolute Gasteiger partial charge is 0.315 e. The zero-order valence-corrected chi connectivity index (χ0v) is 13.6. The van der Waals surface area contributed by atoms with E-state index >= 15 is 0 Å². The number of hydrogen-bond acceptors (Lipinski definition) is 3. The minimum Gasteiger partial charge on any atom is -0.315 e. The average molecular weight is 334 g/mol. The Morgan fingerprint density at radius 2 is 1.83 bits per heavy atom. The minimum atomic E-state index is -3.29. The lowest BCUT2D eigenvalue weighted by Crippen LogP contribution is -2.43. The maximum absolute atomic E-state index is 12.4. The lowest BCUT2D eigenvalue weighted by molar-refractivity contribution is 0.302. The normalized spacial score (nSPS) is 14.5. The Bertz CT molecular complexity index is 506. The van der Waals surface area contributed by atoms with Gasteiger partial charge in [-0.05, 0) is 40.5 Å². The van der Waals surface area contributed by atoms with Crippen LogP contribution in [-0.2, 0) is 9.84 Å². The number of nitrogens with one attached hydrogen (secondary N) is 1. The maximum atomic E-state index is 12.4. The quantitative estimate of drug-likeness (QED) is 0.921. The van der Waals surface area contributed by atoms with Gasteiger partial charge in [0.1, 0.15) is 0 Å². The van der Waals surface area contributed by atoms with E-state index in [2.05, 4.69) is 21.2 Å². The van der Waals surface area contributed by atoms with Crippen molar-refractivity contribution in [2.45, 2.75) is 31.7 Å². The number of hydrogen-bond donors (Lipinski definition) is 1. The van der Waals surface area contributed by atoms with E-state index < -0.39 is 9.84 Å². The van der Waals surface area contributed by atoms with Crippen molar-refractivity contribution in [1.82, 2.24) is 5.32 Å². The highest BCUT2D eigenvalue weighted by Crippen LogP contribution is 2.26. The molecule has 0 fully saturated rings. The van der Waals surface area contributed by atoms with E-state index in [1.807, 2.05) is 26.8 Å². The third-order valence-corrected chi connectivity index (χ3v) is 5.70. The molecule has 18 heavy (non-hydrogen) atoms. The van der Waals surface area contributed by atoms with Gasteiger partial charge in [-0.25, -0.2) is 8.42 Å². The third kappa shape index (κ3) is 3.80. The molecule has 0 radical (unpaired) electrons. The second-order valence-corrected chi connectivity index (χ2v) is 8.28. The number of benzene rings is 1. The molecule has 1 aromatic carbocycles. The molecule has 0 aliphatic carbocycles. The summed E-state index contributed by atoms with van der Waals surface area (Å²) in [7, 11) is -1.50. The zero-order chi connectivity index (χ0) is 14.0. The van der Waals surface area contributed by atoms with Gasteiger partial charge < -0.3 is 5.32 Å². The van der Waals surface area contributed by atoms with Gasteiger partial charge in [0.25, 0.3) is 0 Å². The Morgan fingerprint density at radius 3 is 2.28 bits per heavy atom. The molecule has 1 unspecified atom stereocenters. The van der Waals surface area contributed by atoms with Crippen LogP contribution in [0.5, 0.6) is 0 Å². The smallest absolute Gasteiger partial charge is 0.181 e. The van der Waals surface area contributed by atoms with E-state index in [1.54, 1.807) is 25.2 Å². The minimum absolute atomic E-state index is 0.0883. The molecule has 0 amide bonds. The summed E-state index contributed by atoms with van der Waals surface area (Å²) < 4.78 is 25.4. The summed E-state index contributed by atoms with van der Waals surface area (Å²) in [5.41, 5.74) is -0.108. The van der Waals surface area contributed by atoms with Crippen LogP contribution in [0.1, 0.15) is 20.8 Å². The van der Waals surface area contributed by atoms with Crippen molar-refractivity contribution in [3.8, 4) is 0 Å². The SMILES string of the molecule is CNC(CS(=O)(=O)c1ccccc1Br)C(C)(C)C. The van der Waals surface area contributed by atoms with Crippen molar-refractivity contribution in [3.63, 3.8) is 0 Å². The van der Waals surface area contributed by atoms with Gasteiger partial charge in [-0.2, -0.15) is 0 Å². The molecule has 0 bridgehead atoms. The number of sulfone groups is 1. The van der Waals surface area contributed by atoms with E-state index in [9.17, 15) is 8.42 Å². The second kappa shape index (κ2) is 5.72. The molecular weight excluding hydrogens is 314 g/mol. The van der Waals surface area contributed by atoms with Crippen molar-refractivity contribution in [2.24, 2.45) is 5.41 Å². The van der Waals surface area contributed by atoms with E-state index in [-0.39, 0.29) is 17.2 Å². The highest BCUT2D eigenvalue weighted by Gasteiger charge is 2.30. The molecule has 0 aliphatic heterocycles. The summed E-state index contributed by atoms with van der Waals surface area (Å²) in [6, 6.07) is 6.84. The Morgan fingerprint density at radius 1 is 1.28 bits per heavy atom. The first-order valence-corrected chi connectivity index (χ1v) is 8.27. The molecule has 1 aromatic rings. The molecule has 0 aromatic heterocycles. The van der Waals surface area contributed by atoms with Gasteiger partial charge in [-0.1, -0.05) is 32.9 Å². The monoisotopic (exact) mass is 333 g/mol. The maximum Gasteiger partial charge on any atom is 0.181 e. The summed E-state index contributed by atoms with van der Waals surface area (Å²) in [5.74, 6) is 0.0929. The predicted molar refractivity (Wildman–Crippen MR) is 78.5 cm³/mol. The first-order chi connectivity index (χ1) is 8.18. The van der Waals surface area contributed by atoms with E-state index in [0.29, 0.717) is 9.37 Å². The molecule has 5 heteroatoms. The van der Waals surface area contributed by atoms with Crippen LogP contribution >= 0.6 is 15.9 Å². The predicted octanol–water partition coefficient (Wildman–Crippen LogP) is 2.86. The van der Waals surface area contributed by atoms with Gasteiger partial charge in [0.2, 0.25) is 0 Å². The van der Waals surface area contributed by atoms with E-state index in [4.69, 9.17) is 0 Å². The van der Waals surface area contributed by atoms with Crippen LogP contribution in [0.2, 0.25) is 0 Å².